The smallest absolute Gasteiger partial charge is 0.256 e. The Kier molecular flexibility index (Phi) is 4.24. The molecular formula is C11H14N2O3S3. The SMILES string of the molecule is COc1ccsc1S(=O)(=O)N(C)Cc1scnc1C. The highest BCUT2D eigenvalue weighted by atomic mass is 32.2. The van der Waals surface area contributed by atoms with Gasteiger partial charge in [0, 0.05) is 18.5 Å². The second-order valence-electron chi connectivity index (χ2n) is 3.90. The van der Waals surface area contributed by atoms with Crippen molar-refractivity contribution in [3.05, 3.63) is 27.5 Å². The molecule has 0 fully saturated rings. The molecule has 0 atom stereocenters. The zero-order valence-corrected chi connectivity index (χ0v) is 13.2. The zero-order chi connectivity index (χ0) is 14.0. The van der Waals surface area contributed by atoms with Gasteiger partial charge in [-0.2, -0.15) is 4.31 Å². The number of nitrogens with zero attached hydrogens (tertiary/aromatic N) is 2. The van der Waals surface area contributed by atoms with Crippen molar-refractivity contribution < 1.29 is 13.2 Å². The molecule has 5 nitrogen and oxygen atoms in total. The first-order valence-electron chi connectivity index (χ1n) is 5.43. The lowest BCUT2D eigenvalue weighted by Crippen LogP contribution is -2.26. The van der Waals surface area contributed by atoms with Crippen LogP contribution in [0, 0.1) is 6.92 Å². The summed E-state index contributed by atoms with van der Waals surface area (Å²) in [5, 5.41) is 1.71. The Morgan fingerprint density at radius 1 is 1.42 bits per heavy atom. The van der Waals surface area contributed by atoms with E-state index < -0.39 is 10.0 Å². The number of hydrogen-bond acceptors (Lipinski definition) is 6. The van der Waals surface area contributed by atoms with Gasteiger partial charge < -0.3 is 4.74 Å². The van der Waals surface area contributed by atoms with Crippen LogP contribution in [0.5, 0.6) is 5.75 Å². The van der Waals surface area contributed by atoms with Gasteiger partial charge in [0.15, 0.2) is 4.21 Å². The first kappa shape index (κ1) is 14.4. The zero-order valence-electron chi connectivity index (χ0n) is 10.8. The average Bonchev–Trinajstić information content (AvgIpc) is 2.98. The molecule has 0 bridgehead atoms. The maximum atomic E-state index is 12.5. The molecule has 0 N–H and O–H groups in total. The van der Waals surface area contributed by atoms with E-state index in [9.17, 15) is 8.42 Å². The van der Waals surface area contributed by atoms with Crippen LogP contribution in [0.25, 0.3) is 0 Å². The van der Waals surface area contributed by atoms with Gasteiger partial charge in [0.05, 0.1) is 18.3 Å². The molecule has 0 aliphatic rings. The van der Waals surface area contributed by atoms with E-state index in [1.165, 1.54) is 22.8 Å². The van der Waals surface area contributed by atoms with Crippen LogP contribution in [0.2, 0.25) is 0 Å². The predicted octanol–water partition coefficient (Wildman–Crippen LogP) is 2.34. The van der Waals surface area contributed by atoms with Gasteiger partial charge in [-0.15, -0.1) is 22.7 Å². The Bertz CT molecular complexity index is 660. The highest BCUT2D eigenvalue weighted by Crippen LogP contribution is 2.32. The van der Waals surface area contributed by atoms with Crippen LogP contribution in [-0.4, -0.2) is 31.9 Å². The van der Waals surface area contributed by atoms with Crippen LogP contribution < -0.4 is 4.74 Å². The summed E-state index contributed by atoms with van der Waals surface area (Å²) < 4.78 is 31.5. The lowest BCUT2D eigenvalue weighted by Gasteiger charge is -2.16. The summed E-state index contributed by atoms with van der Waals surface area (Å²) in [6.45, 7) is 2.19. The van der Waals surface area contributed by atoms with Crippen LogP contribution in [0.15, 0.2) is 21.2 Å². The molecule has 0 spiro atoms. The molecule has 104 valence electrons. The Hall–Kier alpha value is -0.960. The average molecular weight is 318 g/mol. The van der Waals surface area contributed by atoms with Crippen LogP contribution >= 0.6 is 22.7 Å². The van der Waals surface area contributed by atoms with Gasteiger partial charge in [0.1, 0.15) is 5.75 Å². The molecule has 0 aliphatic carbocycles. The van der Waals surface area contributed by atoms with Crippen molar-refractivity contribution in [1.29, 1.82) is 0 Å². The lowest BCUT2D eigenvalue weighted by molar-refractivity contribution is 0.402. The van der Waals surface area contributed by atoms with Gasteiger partial charge in [0.25, 0.3) is 10.0 Å². The van der Waals surface area contributed by atoms with E-state index in [0.29, 0.717) is 12.3 Å². The van der Waals surface area contributed by atoms with Gasteiger partial charge in [-0.1, -0.05) is 0 Å². The fourth-order valence-corrected chi connectivity index (χ4v) is 5.05. The number of sulfonamides is 1. The second kappa shape index (κ2) is 5.58. The monoisotopic (exact) mass is 318 g/mol. The Labute approximate surface area is 120 Å². The molecule has 0 unspecified atom stereocenters. The minimum absolute atomic E-state index is 0.236. The van der Waals surface area contributed by atoms with Crippen molar-refractivity contribution >= 4 is 32.7 Å². The van der Waals surface area contributed by atoms with Gasteiger partial charge >= 0.3 is 0 Å². The molecule has 2 heterocycles. The number of thiazole rings is 1. The van der Waals surface area contributed by atoms with Gasteiger partial charge in [-0.3, -0.25) is 0 Å². The molecule has 8 heteroatoms. The molecule has 0 saturated heterocycles. The molecule has 0 saturated carbocycles. The number of aryl methyl sites for hydroxylation is 1. The summed E-state index contributed by atoms with van der Waals surface area (Å²) in [7, 11) is -0.496. The molecule has 0 radical (unpaired) electrons. The molecule has 0 amide bonds. The largest absolute Gasteiger partial charge is 0.494 e. The van der Waals surface area contributed by atoms with Gasteiger partial charge in [-0.05, 0) is 18.4 Å². The van der Waals surface area contributed by atoms with Crippen LogP contribution in [0.1, 0.15) is 10.6 Å². The summed E-state index contributed by atoms with van der Waals surface area (Å²) in [5.74, 6) is 0.387. The lowest BCUT2D eigenvalue weighted by atomic mass is 10.4. The normalized spacial score (nSPS) is 12.0. The Morgan fingerprint density at radius 3 is 2.74 bits per heavy atom. The summed E-state index contributed by atoms with van der Waals surface area (Å²) in [5.41, 5.74) is 2.59. The quantitative estimate of drug-likeness (QED) is 0.849. The van der Waals surface area contributed by atoms with E-state index in [4.69, 9.17) is 4.74 Å². The summed E-state index contributed by atoms with van der Waals surface area (Å²) in [4.78, 5) is 5.07. The van der Waals surface area contributed by atoms with Crippen LogP contribution in [-0.2, 0) is 16.6 Å². The predicted molar refractivity (Wildman–Crippen MR) is 76.4 cm³/mol. The molecule has 0 aromatic carbocycles. The van der Waals surface area contributed by atoms with Crippen molar-refractivity contribution in [2.45, 2.75) is 17.7 Å². The number of rotatable bonds is 5. The Balaban J connectivity index is 2.27. The third kappa shape index (κ3) is 2.81. The molecule has 2 rings (SSSR count). The maximum Gasteiger partial charge on any atom is 0.256 e. The van der Waals surface area contributed by atoms with E-state index >= 15 is 0 Å². The minimum atomic E-state index is -3.53. The van der Waals surface area contributed by atoms with Crippen LogP contribution in [0.4, 0.5) is 0 Å². The first-order valence-corrected chi connectivity index (χ1v) is 8.63. The van der Waals surface area contributed by atoms with Gasteiger partial charge in [0.2, 0.25) is 0 Å². The van der Waals surface area contributed by atoms with E-state index in [1.807, 2.05) is 6.92 Å². The second-order valence-corrected chi connectivity index (χ2v) is 7.99. The van der Waals surface area contributed by atoms with E-state index in [0.717, 1.165) is 21.9 Å². The third-order valence-electron chi connectivity index (χ3n) is 2.67. The van der Waals surface area contributed by atoms with Crippen molar-refractivity contribution in [2.24, 2.45) is 0 Å². The van der Waals surface area contributed by atoms with Crippen molar-refractivity contribution in [3.63, 3.8) is 0 Å². The number of ether oxygens (including phenoxy) is 1. The van der Waals surface area contributed by atoms with E-state index in [-0.39, 0.29) is 4.21 Å². The van der Waals surface area contributed by atoms with Crippen molar-refractivity contribution in [2.75, 3.05) is 14.2 Å². The standard InChI is InChI=1S/C11H14N2O3S3/c1-8-10(18-7-12-8)6-13(2)19(14,15)11-9(16-3)4-5-17-11/h4-5,7H,6H2,1-3H3. The highest BCUT2D eigenvalue weighted by molar-refractivity contribution is 7.91. The minimum Gasteiger partial charge on any atom is -0.494 e. The summed E-state index contributed by atoms with van der Waals surface area (Å²) in [6.07, 6.45) is 0. The maximum absolute atomic E-state index is 12.5. The van der Waals surface area contributed by atoms with Crippen molar-refractivity contribution in [1.82, 2.24) is 9.29 Å². The molecule has 19 heavy (non-hydrogen) atoms. The highest BCUT2D eigenvalue weighted by Gasteiger charge is 2.27. The first-order chi connectivity index (χ1) is 8.96. The number of hydrogen-bond donors (Lipinski definition) is 0. The third-order valence-corrected chi connectivity index (χ3v) is 6.82. The topological polar surface area (TPSA) is 59.5 Å². The fourth-order valence-electron chi connectivity index (χ4n) is 1.53. The van der Waals surface area contributed by atoms with Crippen LogP contribution in [0.3, 0.4) is 0 Å². The number of thiophene rings is 1. The van der Waals surface area contributed by atoms with E-state index in [1.54, 1.807) is 24.0 Å². The molecular weight excluding hydrogens is 304 g/mol. The molecule has 0 aliphatic heterocycles. The molecule has 2 aromatic rings. The number of methoxy groups -OCH3 is 1. The summed E-state index contributed by atoms with van der Waals surface area (Å²) >= 11 is 2.62. The number of aromatic nitrogens is 1. The molecule has 2 aromatic heterocycles. The summed E-state index contributed by atoms with van der Waals surface area (Å²) in [6, 6.07) is 1.66. The van der Waals surface area contributed by atoms with Crippen molar-refractivity contribution in [3.8, 4) is 5.75 Å². The fraction of sp³-hybridized carbons (Fsp3) is 0.364. The van der Waals surface area contributed by atoms with Gasteiger partial charge in [-0.25, -0.2) is 13.4 Å². The van der Waals surface area contributed by atoms with E-state index in [2.05, 4.69) is 4.98 Å². The Morgan fingerprint density at radius 2 is 2.16 bits per heavy atom.